The molecule has 0 bridgehead atoms. The Morgan fingerprint density at radius 1 is 1.06 bits per heavy atom. The molecule has 8 nitrogen and oxygen atoms in total. The third kappa shape index (κ3) is 4.61. The molecule has 9 heteroatoms. The van der Waals surface area contributed by atoms with Gasteiger partial charge in [-0.3, -0.25) is 10.0 Å². The number of amides is 1. The molecule has 0 fully saturated rings. The highest BCUT2D eigenvalue weighted by Gasteiger charge is 2.37. The molecule has 0 unspecified atom stereocenters. The van der Waals surface area contributed by atoms with Crippen LogP contribution in [0.15, 0.2) is 83.9 Å². The van der Waals surface area contributed by atoms with E-state index in [1.807, 2.05) is 31.2 Å². The number of fused-ring (bicyclic) bond motifs is 1. The number of hydrogen-bond acceptors (Lipinski definition) is 5. The Labute approximate surface area is 191 Å². The Morgan fingerprint density at radius 2 is 1.82 bits per heavy atom. The van der Waals surface area contributed by atoms with Gasteiger partial charge in [-0.05, 0) is 65.9 Å². The zero-order valence-electron chi connectivity index (χ0n) is 17.8. The first kappa shape index (κ1) is 22.5. The maximum atomic E-state index is 13.8. The van der Waals surface area contributed by atoms with E-state index in [1.54, 1.807) is 35.9 Å². The molecular weight excluding hydrogens is 442 g/mol. The Balaban J connectivity index is 1.87. The van der Waals surface area contributed by atoms with E-state index >= 15 is 0 Å². The van der Waals surface area contributed by atoms with Gasteiger partial charge in [0.05, 0.1) is 4.90 Å². The number of carbonyl (C=O) groups is 1. The molecule has 0 saturated carbocycles. The van der Waals surface area contributed by atoms with Gasteiger partial charge in [0.1, 0.15) is 11.8 Å². The van der Waals surface area contributed by atoms with E-state index in [-0.39, 0.29) is 17.2 Å². The molecule has 4 N–H and O–H groups in total. The highest BCUT2D eigenvalue weighted by molar-refractivity contribution is 7.89. The fourth-order valence-corrected chi connectivity index (χ4v) is 5.36. The fraction of sp³-hybridized carbons (Fsp3) is 0.125. The minimum Gasteiger partial charge on any atom is -0.508 e. The van der Waals surface area contributed by atoms with Gasteiger partial charge >= 0.3 is 0 Å². The van der Waals surface area contributed by atoms with E-state index in [4.69, 9.17) is 0 Å². The van der Waals surface area contributed by atoms with Crippen molar-refractivity contribution in [3.05, 3.63) is 95.7 Å². The number of phenolic OH excluding ortho intramolecular Hbond substituents is 1. The molecule has 170 valence electrons. The summed E-state index contributed by atoms with van der Waals surface area (Å²) in [5.41, 5.74) is 4.42. The SMILES string of the molecule is Cc1cccc([C@H](C(=O)NO)N(Cc2ccc3[nH]ccc3c2)S(=O)(=O)c2ccc(O)cc2)c1. The molecule has 1 amide bonds. The first-order valence-corrected chi connectivity index (χ1v) is 11.6. The van der Waals surface area contributed by atoms with Crippen LogP contribution in [0.25, 0.3) is 10.9 Å². The molecule has 0 radical (unpaired) electrons. The van der Waals surface area contributed by atoms with Crippen molar-refractivity contribution in [2.24, 2.45) is 0 Å². The molecule has 0 aliphatic rings. The van der Waals surface area contributed by atoms with Gasteiger partial charge in [0.15, 0.2) is 0 Å². The molecule has 3 aromatic carbocycles. The number of hydroxylamine groups is 1. The van der Waals surface area contributed by atoms with Gasteiger partial charge in [0, 0.05) is 18.3 Å². The maximum Gasteiger partial charge on any atom is 0.266 e. The summed E-state index contributed by atoms with van der Waals surface area (Å²) in [7, 11) is -4.23. The monoisotopic (exact) mass is 465 g/mol. The number of nitrogens with zero attached hydrogens (tertiary/aromatic N) is 1. The molecule has 4 rings (SSSR count). The number of rotatable bonds is 7. The van der Waals surface area contributed by atoms with Crippen LogP contribution < -0.4 is 5.48 Å². The van der Waals surface area contributed by atoms with Crippen LogP contribution in [-0.4, -0.2) is 33.9 Å². The van der Waals surface area contributed by atoms with E-state index in [0.717, 1.165) is 20.8 Å². The van der Waals surface area contributed by atoms with Crippen molar-refractivity contribution in [1.29, 1.82) is 0 Å². The lowest BCUT2D eigenvalue weighted by Gasteiger charge is -2.30. The minimum atomic E-state index is -4.23. The van der Waals surface area contributed by atoms with Gasteiger partial charge in [-0.2, -0.15) is 4.31 Å². The number of hydrogen-bond donors (Lipinski definition) is 4. The Morgan fingerprint density at radius 3 is 2.52 bits per heavy atom. The number of aryl methyl sites for hydroxylation is 1. The second kappa shape index (κ2) is 9.07. The van der Waals surface area contributed by atoms with Crippen molar-refractivity contribution in [1.82, 2.24) is 14.8 Å². The van der Waals surface area contributed by atoms with Gasteiger partial charge < -0.3 is 10.1 Å². The van der Waals surface area contributed by atoms with E-state index in [9.17, 15) is 23.5 Å². The van der Waals surface area contributed by atoms with Gasteiger partial charge in [-0.1, -0.05) is 35.9 Å². The van der Waals surface area contributed by atoms with Crippen LogP contribution in [0.5, 0.6) is 5.75 Å². The van der Waals surface area contributed by atoms with Crippen molar-refractivity contribution in [3.63, 3.8) is 0 Å². The van der Waals surface area contributed by atoms with Gasteiger partial charge in [0.25, 0.3) is 5.91 Å². The number of aromatic nitrogens is 1. The summed E-state index contributed by atoms with van der Waals surface area (Å²) in [6.07, 6.45) is 1.79. The average Bonchev–Trinajstić information content (AvgIpc) is 3.27. The highest BCUT2D eigenvalue weighted by atomic mass is 32.2. The number of benzene rings is 3. The Hall–Kier alpha value is -3.66. The van der Waals surface area contributed by atoms with Crippen LogP contribution in [-0.2, 0) is 21.4 Å². The van der Waals surface area contributed by atoms with E-state index in [0.29, 0.717) is 11.1 Å². The predicted octanol–water partition coefficient (Wildman–Crippen LogP) is 3.62. The van der Waals surface area contributed by atoms with Crippen molar-refractivity contribution in [3.8, 4) is 5.75 Å². The number of sulfonamides is 1. The molecule has 33 heavy (non-hydrogen) atoms. The third-order valence-electron chi connectivity index (χ3n) is 5.40. The number of nitrogens with one attached hydrogen (secondary N) is 2. The summed E-state index contributed by atoms with van der Waals surface area (Å²) in [4.78, 5) is 15.8. The van der Waals surface area contributed by atoms with Crippen molar-refractivity contribution in [2.45, 2.75) is 24.4 Å². The predicted molar refractivity (Wildman–Crippen MR) is 123 cm³/mol. The summed E-state index contributed by atoms with van der Waals surface area (Å²) >= 11 is 0. The summed E-state index contributed by atoms with van der Waals surface area (Å²) < 4.78 is 28.6. The van der Waals surface area contributed by atoms with Gasteiger partial charge in [-0.15, -0.1) is 0 Å². The molecule has 4 aromatic rings. The van der Waals surface area contributed by atoms with Crippen LogP contribution in [0.1, 0.15) is 22.7 Å². The molecule has 0 aliphatic heterocycles. The van der Waals surface area contributed by atoms with Crippen LogP contribution in [0, 0.1) is 6.92 Å². The number of carbonyl (C=O) groups excluding carboxylic acids is 1. The second-order valence-electron chi connectivity index (χ2n) is 7.74. The van der Waals surface area contributed by atoms with Crippen LogP contribution in [0.4, 0.5) is 0 Å². The number of aromatic amines is 1. The van der Waals surface area contributed by atoms with Gasteiger partial charge in [0.2, 0.25) is 10.0 Å². The molecule has 1 heterocycles. The standard InChI is InChI=1S/C24H23N3O5S/c1-16-3-2-4-19(13-16)23(24(29)26-30)27(33(31,32)21-8-6-20(28)7-9-21)15-17-5-10-22-18(14-17)11-12-25-22/h2-14,23,25,28,30H,15H2,1H3,(H,26,29)/t23-/m1/s1. The van der Waals surface area contributed by atoms with E-state index in [2.05, 4.69) is 4.98 Å². The van der Waals surface area contributed by atoms with Crippen molar-refractivity contribution >= 4 is 26.8 Å². The lowest BCUT2D eigenvalue weighted by atomic mass is 10.0. The largest absolute Gasteiger partial charge is 0.508 e. The van der Waals surface area contributed by atoms with Crippen molar-refractivity contribution < 1.29 is 23.5 Å². The molecule has 1 atom stereocenters. The third-order valence-corrected chi connectivity index (χ3v) is 7.23. The lowest BCUT2D eigenvalue weighted by molar-refractivity contribution is -0.133. The average molecular weight is 466 g/mol. The quantitative estimate of drug-likeness (QED) is 0.245. The van der Waals surface area contributed by atoms with Gasteiger partial charge in [-0.25, -0.2) is 13.9 Å². The minimum absolute atomic E-state index is 0.0817. The summed E-state index contributed by atoms with van der Waals surface area (Å²) in [5.74, 6) is -0.965. The number of H-pyrrole nitrogens is 1. The zero-order valence-corrected chi connectivity index (χ0v) is 18.6. The highest BCUT2D eigenvalue weighted by Crippen LogP contribution is 2.32. The zero-order chi connectivity index (χ0) is 23.6. The first-order valence-electron chi connectivity index (χ1n) is 10.2. The summed E-state index contributed by atoms with van der Waals surface area (Å²) in [6.45, 7) is 1.70. The lowest BCUT2D eigenvalue weighted by Crippen LogP contribution is -2.42. The summed E-state index contributed by atoms with van der Waals surface area (Å²) in [5, 5.41) is 20.0. The second-order valence-corrected chi connectivity index (χ2v) is 9.63. The molecule has 0 aliphatic carbocycles. The van der Waals surface area contributed by atoms with E-state index < -0.39 is 22.0 Å². The molecule has 0 spiro atoms. The van der Waals surface area contributed by atoms with E-state index in [1.165, 1.54) is 24.3 Å². The Bertz CT molecular complexity index is 1400. The molecule has 0 saturated heterocycles. The number of aromatic hydroxyl groups is 1. The maximum absolute atomic E-state index is 13.8. The molecular formula is C24H23N3O5S. The Kier molecular flexibility index (Phi) is 6.19. The van der Waals surface area contributed by atoms with Crippen LogP contribution in [0.3, 0.4) is 0 Å². The number of phenols is 1. The van der Waals surface area contributed by atoms with Crippen LogP contribution in [0.2, 0.25) is 0 Å². The smallest absolute Gasteiger partial charge is 0.266 e. The van der Waals surface area contributed by atoms with Crippen LogP contribution >= 0.6 is 0 Å². The normalized spacial score (nSPS) is 12.7. The fourth-order valence-electron chi connectivity index (χ4n) is 3.80. The molecule has 1 aromatic heterocycles. The topological polar surface area (TPSA) is 123 Å². The first-order chi connectivity index (χ1) is 15.8. The summed E-state index contributed by atoms with van der Waals surface area (Å²) in [6, 6.07) is 18.0. The van der Waals surface area contributed by atoms with Crippen molar-refractivity contribution in [2.75, 3.05) is 0 Å².